The van der Waals surface area contributed by atoms with Crippen LogP contribution in [0.2, 0.25) is 0 Å². The molecule has 0 aliphatic carbocycles. The molecule has 6 nitrogen and oxygen atoms in total. The first-order valence-corrected chi connectivity index (χ1v) is 10.4. The maximum Gasteiger partial charge on any atom is 0.319 e. The summed E-state index contributed by atoms with van der Waals surface area (Å²) in [6.45, 7) is 2.27. The van der Waals surface area contributed by atoms with Gasteiger partial charge in [0.1, 0.15) is 0 Å². The summed E-state index contributed by atoms with van der Waals surface area (Å²) in [5, 5.41) is 5.41. The van der Waals surface area contributed by atoms with Gasteiger partial charge in [-0.05, 0) is 53.9 Å². The third kappa shape index (κ3) is 4.55. The highest BCUT2D eigenvalue weighted by molar-refractivity contribution is 7.91. The Kier molecular flexibility index (Phi) is 6.06. The molecule has 28 heavy (non-hydrogen) atoms. The summed E-state index contributed by atoms with van der Waals surface area (Å²) in [7, 11) is -3.61. The zero-order valence-electron chi connectivity index (χ0n) is 15.4. The van der Waals surface area contributed by atoms with Gasteiger partial charge in [0.05, 0.1) is 9.79 Å². The molecule has 2 amide bonds. The van der Waals surface area contributed by atoms with Gasteiger partial charge >= 0.3 is 6.03 Å². The van der Waals surface area contributed by atoms with Crippen LogP contribution in [0, 0.1) is 0 Å². The molecule has 7 heteroatoms. The Morgan fingerprint density at radius 2 is 1.75 bits per heavy atom. The molecule has 0 fully saturated rings. The maximum atomic E-state index is 12.9. The quantitative estimate of drug-likeness (QED) is 0.664. The van der Waals surface area contributed by atoms with Crippen molar-refractivity contribution in [3.63, 3.8) is 0 Å². The number of pyridine rings is 1. The Morgan fingerprint density at radius 3 is 2.43 bits per heavy atom. The summed E-state index contributed by atoms with van der Waals surface area (Å²) in [6, 6.07) is 16.4. The fourth-order valence-electron chi connectivity index (χ4n) is 2.76. The first-order chi connectivity index (χ1) is 13.5. The number of hydrogen-bond acceptors (Lipinski definition) is 4. The predicted octanol–water partition coefficient (Wildman–Crippen LogP) is 3.80. The SMILES string of the molecule is CCc1ccccc1S(=O)(=O)c1ccc(NC(=O)NCc2cccnc2)cc1. The highest BCUT2D eigenvalue weighted by Crippen LogP contribution is 2.25. The first-order valence-electron chi connectivity index (χ1n) is 8.87. The highest BCUT2D eigenvalue weighted by Gasteiger charge is 2.20. The van der Waals surface area contributed by atoms with Crippen LogP contribution < -0.4 is 10.6 Å². The van der Waals surface area contributed by atoms with E-state index < -0.39 is 9.84 Å². The second kappa shape index (κ2) is 8.67. The summed E-state index contributed by atoms with van der Waals surface area (Å²) >= 11 is 0. The van der Waals surface area contributed by atoms with Crippen LogP contribution in [0.4, 0.5) is 10.5 Å². The van der Waals surface area contributed by atoms with E-state index in [-0.39, 0.29) is 10.9 Å². The van der Waals surface area contributed by atoms with Crippen molar-refractivity contribution in [2.75, 3.05) is 5.32 Å². The fourth-order valence-corrected chi connectivity index (χ4v) is 4.33. The topological polar surface area (TPSA) is 88.2 Å². The van der Waals surface area contributed by atoms with Gasteiger partial charge in [-0.15, -0.1) is 0 Å². The standard InChI is InChI=1S/C21H21N3O3S/c1-2-17-7-3-4-8-20(17)28(26,27)19-11-9-18(10-12-19)24-21(25)23-15-16-6-5-13-22-14-16/h3-14H,2,15H2,1H3,(H2,23,24,25). The third-order valence-corrected chi connectivity index (χ3v) is 6.11. The number of carbonyl (C=O) groups excluding carboxylic acids is 1. The average molecular weight is 395 g/mol. The lowest BCUT2D eigenvalue weighted by Gasteiger charge is -2.11. The Balaban J connectivity index is 1.68. The van der Waals surface area contributed by atoms with Crippen molar-refractivity contribution < 1.29 is 13.2 Å². The van der Waals surface area contributed by atoms with Gasteiger partial charge in [0.2, 0.25) is 9.84 Å². The lowest BCUT2D eigenvalue weighted by Crippen LogP contribution is -2.28. The largest absolute Gasteiger partial charge is 0.334 e. The molecule has 0 bridgehead atoms. The number of aryl methyl sites for hydroxylation is 1. The van der Waals surface area contributed by atoms with E-state index in [1.165, 1.54) is 12.1 Å². The molecule has 0 unspecified atom stereocenters. The van der Waals surface area contributed by atoms with Crippen LogP contribution >= 0.6 is 0 Å². The van der Waals surface area contributed by atoms with E-state index in [1.54, 1.807) is 42.7 Å². The van der Waals surface area contributed by atoms with Crippen LogP contribution in [-0.4, -0.2) is 19.4 Å². The van der Waals surface area contributed by atoms with E-state index in [2.05, 4.69) is 15.6 Å². The van der Waals surface area contributed by atoms with Gasteiger partial charge in [-0.25, -0.2) is 13.2 Å². The number of aromatic nitrogens is 1. The van der Waals surface area contributed by atoms with Crippen molar-refractivity contribution in [1.29, 1.82) is 0 Å². The minimum absolute atomic E-state index is 0.190. The van der Waals surface area contributed by atoms with E-state index >= 15 is 0 Å². The number of anilines is 1. The fraction of sp³-hybridized carbons (Fsp3) is 0.143. The molecule has 0 atom stereocenters. The number of urea groups is 1. The number of nitrogens with one attached hydrogen (secondary N) is 2. The summed E-state index contributed by atoms with van der Waals surface area (Å²) in [5.41, 5.74) is 2.17. The van der Waals surface area contributed by atoms with Crippen molar-refractivity contribution in [2.24, 2.45) is 0 Å². The number of benzene rings is 2. The van der Waals surface area contributed by atoms with Crippen LogP contribution in [0.25, 0.3) is 0 Å². The van der Waals surface area contributed by atoms with Crippen molar-refractivity contribution >= 4 is 21.6 Å². The van der Waals surface area contributed by atoms with Gasteiger partial charge < -0.3 is 10.6 Å². The van der Waals surface area contributed by atoms with Crippen molar-refractivity contribution in [3.8, 4) is 0 Å². The number of amides is 2. The Hall–Kier alpha value is -3.19. The second-order valence-electron chi connectivity index (χ2n) is 6.16. The highest BCUT2D eigenvalue weighted by atomic mass is 32.2. The molecule has 2 aromatic carbocycles. The zero-order chi connectivity index (χ0) is 20.0. The molecular formula is C21H21N3O3S. The molecule has 0 spiro atoms. The Morgan fingerprint density at radius 1 is 1.00 bits per heavy atom. The van der Waals surface area contributed by atoms with E-state index in [0.29, 0.717) is 23.5 Å². The number of nitrogens with zero attached hydrogens (tertiary/aromatic N) is 1. The van der Waals surface area contributed by atoms with Gasteiger partial charge in [-0.1, -0.05) is 31.2 Å². The van der Waals surface area contributed by atoms with E-state index in [4.69, 9.17) is 0 Å². The van der Waals surface area contributed by atoms with E-state index in [0.717, 1.165) is 11.1 Å². The number of sulfone groups is 1. The molecule has 1 heterocycles. The lowest BCUT2D eigenvalue weighted by molar-refractivity contribution is 0.251. The second-order valence-corrected chi connectivity index (χ2v) is 8.08. The summed E-state index contributed by atoms with van der Waals surface area (Å²) in [6.07, 6.45) is 3.97. The van der Waals surface area contributed by atoms with Crippen LogP contribution in [0.3, 0.4) is 0 Å². The van der Waals surface area contributed by atoms with E-state index in [9.17, 15) is 13.2 Å². The smallest absolute Gasteiger partial charge is 0.319 e. The molecule has 1 aromatic heterocycles. The van der Waals surface area contributed by atoms with Gasteiger partial charge in [-0.2, -0.15) is 0 Å². The summed E-state index contributed by atoms with van der Waals surface area (Å²) < 4.78 is 25.8. The van der Waals surface area contributed by atoms with Gasteiger partial charge in [0.15, 0.2) is 0 Å². The number of rotatable bonds is 6. The molecule has 0 aliphatic rings. The molecule has 2 N–H and O–H groups in total. The zero-order valence-corrected chi connectivity index (χ0v) is 16.2. The van der Waals surface area contributed by atoms with Crippen LogP contribution in [0.5, 0.6) is 0 Å². The van der Waals surface area contributed by atoms with Gasteiger partial charge in [0, 0.05) is 24.6 Å². The number of hydrogen-bond donors (Lipinski definition) is 2. The Labute approximate surface area is 164 Å². The molecule has 0 aliphatic heterocycles. The normalized spacial score (nSPS) is 11.0. The van der Waals surface area contributed by atoms with Crippen molar-refractivity contribution in [2.45, 2.75) is 29.7 Å². The lowest BCUT2D eigenvalue weighted by atomic mass is 10.2. The molecule has 3 rings (SSSR count). The van der Waals surface area contributed by atoms with Crippen molar-refractivity contribution in [1.82, 2.24) is 10.3 Å². The summed E-state index contributed by atoms with van der Waals surface area (Å²) in [5.74, 6) is 0. The molecule has 0 saturated carbocycles. The minimum Gasteiger partial charge on any atom is -0.334 e. The van der Waals surface area contributed by atoms with Crippen molar-refractivity contribution in [3.05, 3.63) is 84.2 Å². The molecule has 144 valence electrons. The number of carbonyl (C=O) groups is 1. The van der Waals surface area contributed by atoms with Gasteiger partial charge in [0.25, 0.3) is 0 Å². The monoisotopic (exact) mass is 395 g/mol. The molecule has 3 aromatic rings. The van der Waals surface area contributed by atoms with Crippen LogP contribution in [0.15, 0.2) is 82.8 Å². The maximum absolute atomic E-state index is 12.9. The molecule has 0 saturated heterocycles. The minimum atomic E-state index is -3.61. The Bertz CT molecular complexity index is 1050. The van der Waals surface area contributed by atoms with Gasteiger partial charge in [-0.3, -0.25) is 4.98 Å². The van der Waals surface area contributed by atoms with Crippen LogP contribution in [0.1, 0.15) is 18.1 Å². The van der Waals surface area contributed by atoms with E-state index in [1.807, 2.05) is 25.1 Å². The third-order valence-electron chi connectivity index (χ3n) is 4.24. The molecule has 0 radical (unpaired) electrons. The average Bonchev–Trinajstić information content (AvgIpc) is 2.73. The first kappa shape index (κ1) is 19.6. The van der Waals surface area contributed by atoms with Crippen LogP contribution in [-0.2, 0) is 22.8 Å². The predicted molar refractivity (Wildman–Crippen MR) is 108 cm³/mol. The molecular weight excluding hydrogens is 374 g/mol. The summed E-state index contributed by atoms with van der Waals surface area (Å²) in [4.78, 5) is 16.5.